The van der Waals surface area contributed by atoms with Crippen LogP contribution >= 0.6 is 0 Å². The number of nitrogens with one attached hydrogen (secondary N) is 1. The number of alkyl halides is 3. The number of nitrogens with zero attached hydrogens (tertiary/aromatic N) is 3. The van der Waals surface area contributed by atoms with Crippen LogP contribution in [-0.2, 0) is 12.7 Å². The van der Waals surface area contributed by atoms with Gasteiger partial charge in [0.25, 0.3) is 0 Å². The van der Waals surface area contributed by atoms with Gasteiger partial charge in [0.1, 0.15) is 12.1 Å². The summed E-state index contributed by atoms with van der Waals surface area (Å²) in [5, 5.41) is 2.90. The number of pyridine rings is 1. The van der Waals surface area contributed by atoms with Crippen molar-refractivity contribution in [2.24, 2.45) is 0 Å². The van der Waals surface area contributed by atoms with Crippen LogP contribution in [0, 0.1) is 6.92 Å². The van der Waals surface area contributed by atoms with Crippen LogP contribution in [0.25, 0.3) is 0 Å². The molecule has 2 heterocycles. The first-order chi connectivity index (χ1) is 8.95. The quantitative estimate of drug-likeness (QED) is 0.930. The summed E-state index contributed by atoms with van der Waals surface area (Å²) in [4.78, 5) is 11.7. The molecule has 2 aromatic heterocycles. The van der Waals surface area contributed by atoms with Gasteiger partial charge in [-0.1, -0.05) is 0 Å². The maximum atomic E-state index is 12.3. The van der Waals surface area contributed by atoms with Crippen LogP contribution in [0.2, 0.25) is 0 Å². The minimum absolute atomic E-state index is 0.365. The molecule has 4 nitrogen and oxygen atoms in total. The Kier molecular flexibility index (Phi) is 3.64. The van der Waals surface area contributed by atoms with E-state index in [-0.39, 0.29) is 0 Å². The minimum Gasteiger partial charge on any atom is -0.364 e. The molecule has 0 aliphatic rings. The van der Waals surface area contributed by atoms with Gasteiger partial charge in [-0.25, -0.2) is 15.0 Å². The Morgan fingerprint density at radius 2 is 1.95 bits per heavy atom. The Labute approximate surface area is 107 Å². The molecule has 0 fully saturated rings. The van der Waals surface area contributed by atoms with Crippen LogP contribution in [0.1, 0.15) is 17.0 Å². The van der Waals surface area contributed by atoms with Crippen LogP contribution < -0.4 is 5.32 Å². The number of hydrogen-bond donors (Lipinski definition) is 1. The second-order valence-electron chi connectivity index (χ2n) is 3.93. The number of aryl methyl sites for hydroxylation is 1. The maximum Gasteiger partial charge on any atom is 0.417 e. The highest BCUT2D eigenvalue weighted by Crippen LogP contribution is 2.28. The van der Waals surface area contributed by atoms with Gasteiger partial charge in [0.15, 0.2) is 0 Å². The molecule has 7 heteroatoms. The van der Waals surface area contributed by atoms with E-state index in [2.05, 4.69) is 20.3 Å². The van der Waals surface area contributed by atoms with Crippen LogP contribution in [0.4, 0.5) is 19.0 Å². The number of rotatable bonds is 3. The third-order valence-electron chi connectivity index (χ3n) is 2.40. The predicted molar refractivity (Wildman–Crippen MR) is 63.3 cm³/mol. The Balaban J connectivity index is 2.01. The van der Waals surface area contributed by atoms with Crippen molar-refractivity contribution in [1.82, 2.24) is 15.0 Å². The van der Waals surface area contributed by atoms with E-state index in [1.54, 1.807) is 6.07 Å². The van der Waals surface area contributed by atoms with Crippen LogP contribution in [-0.4, -0.2) is 15.0 Å². The molecule has 0 atom stereocenters. The van der Waals surface area contributed by atoms with Crippen molar-refractivity contribution in [3.8, 4) is 0 Å². The highest BCUT2D eigenvalue weighted by molar-refractivity contribution is 5.36. The molecule has 0 saturated carbocycles. The van der Waals surface area contributed by atoms with Crippen molar-refractivity contribution >= 4 is 5.82 Å². The van der Waals surface area contributed by atoms with Crippen LogP contribution in [0.3, 0.4) is 0 Å². The van der Waals surface area contributed by atoms with E-state index in [0.717, 1.165) is 23.7 Å². The van der Waals surface area contributed by atoms with E-state index < -0.39 is 11.7 Å². The van der Waals surface area contributed by atoms with E-state index in [0.29, 0.717) is 12.4 Å². The molecule has 0 amide bonds. The molecule has 0 aliphatic carbocycles. The molecule has 0 radical (unpaired) electrons. The summed E-state index contributed by atoms with van der Waals surface area (Å²) in [5.41, 5.74) is 0.803. The predicted octanol–water partition coefficient (Wildman–Crippen LogP) is 2.81. The number of anilines is 1. The molecular formula is C12H11F3N4. The van der Waals surface area contributed by atoms with Crippen LogP contribution in [0.5, 0.6) is 0 Å². The summed E-state index contributed by atoms with van der Waals surface area (Å²) in [6, 6.07) is 4.06. The molecule has 1 N–H and O–H groups in total. The Morgan fingerprint density at radius 1 is 1.16 bits per heavy atom. The van der Waals surface area contributed by atoms with Crippen molar-refractivity contribution in [2.75, 3.05) is 5.32 Å². The first kappa shape index (κ1) is 13.3. The third-order valence-corrected chi connectivity index (χ3v) is 2.40. The summed E-state index contributed by atoms with van der Waals surface area (Å²) >= 11 is 0. The third kappa shape index (κ3) is 3.64. The highest BCUT2D eigenvalue weighted by Gasteiger charge is 2.30. The van der Waals surface area contributed by atoms with Gasteiger partial charge in [0.2, 0.25) is 0 Å². The van der Waals surface area contributed by atoms with E-state index >= 15 is 0 Å². The fraction of sp³-hybridized carbons (Fsp3) is 0.250. The van der Waals surface area contributed by atoms with Crippen molar-refractivity contribution in [2.45, 2.75) is 19.6 Å². The van der Waals surface area contributed by atoms with Gasteiger partial charge in [0.05, 0.1) is 17.8 Å². The molecule has 0 saturated heterocycles. The molecule has 0 aromatic carbocycles. The second kappa shape index (κ2) is 5.21. The fourth-order valence-electron chi connectivity index (χ4n) is 1.45. The molecule has 2 aromatic rings. The van der Waals surface area contributed by atoms with E-state index in [1.807, 2.05) is 6.92 Å². The molecule has 100 valence electrons. The lowest BCUT2D eigenvalue weighted by Crippen LogP contribution is -2.07. The summed E-state index contributed by atoms with van der Waals surface area (Å²) in [6.07, 6.45) is -2.13. The first-order valence-electron chi connectivity index (χ1n) is 5.50. The topological polar surface area (TPSA) is 50.7 Å². The number of halogens is 3. The SMILES string of the molecule is Cc1cc(CNc2ccc(C(F)(F)F)cn2)ncn1. The van der Waals surface area contributed by atoms with E-state index in [4.69, 9.17) is 0 Å². The van der Waals surface area contributed by atoms with Gasteiger partial charge in [-0.3, -0.25) is 0 Å². The zero-order valence-corrected chi connectivity index (χ0v) is 10.1. The zero-order chi connectivity index (χ0) is 13.9. The van der Waals surface area contributed by atoms with Gasteiger partial charge in [-0.2, -0.15) is 13.2 Å². The lowest BCUT2D eigenvalue weighted by molar-refractivity contribution is -0.137. The Hall–Kier alpha value is -2.18. The van der Waals surface area contributed by atoms with Crippen LogP contribution in [0.15, 0.2) is 30.7 Å². The largest absolute Gasteiger partial charge is 0.417 e. The molecule has 0 bridgehead atoms. The lowest BCUT2D eigenvalue weighted by atomic mass is 10.3. The summed E-state index contributed by atoms with van der Waals surface area (Å²) in [5.74, 6) is 0.365. The lowest BCUT2D eigenvalue weighted by Gasteiger charge is -2.08. The highest BCUT2D eigenvalue weighted by atomic mass is 19.4. The maximum absolute atomic E-state index is 12.3. The number of aromatic nitrogens is 3. The summed E-state index contributed by atoms with van der Waals surface area (Å²) < 4.78 is 37.0. The minimum atomic E-state index is -4.37. The van der Waals surface area contributed by atoms with Crippen molar-refractivity contribution in [1.29, 1.82) is 0 Å². The van der Waals surface area contributed by atoms with Crippen molar-refractivity contribution in [3.63, 3.8) is 0 Å². The standard InChI is InChI=1S/C12H11F3N4/c1-8-4-10(19-7-18-8)6-17-11-3-2-9(5-16-11)12(13,14)15/h2-5,7H,6H2,1H3,(H,16,17). The van der Waals surface area contributed by atoms with Gasteiger partial charge >= 0.3 is 6.18 Å². The van der Waals surface area contributed by atoms with E-state index in [1.165, 1.54) is 12.4 Å². The van der Waals surface area contributed by atoms with Crippen molar-refractivity contribution in [3.05, 3.63) is 47.7 Å². The Morgan fingerprint density at radius 3 is 2.53 bits per heavy atom. The van der Waals surface area contributed by atoms with Gasteiger partial charge < -0.3 is 5.32 Å². The molecule has 0 aliphatic heterocycles. The second-order valence-corrected chi connectivity index (χ2v) is 3.93. The summed E-state index contributed by atoms with van der Waals surface area (Å²) in [6.45, 7) is 2.21. The van der Waals surface area contributed by atoms with Gasteiger partial charge in [0, 0.05) is 11.9 Å². The monoisotopic (exact) mass is 268 g/mol. The summed E-state index contributed by atoms with van der Waals surface area (Å²) in [7, 11) is 0. The van der Waals surface area contributed by atoms with Gasteiger partial charge in [-0.15, -0.1) is 0 Å². The first-order valence-corrected chi connectivity index (χ1v) is 5.50. The molecule has 19 heavy (non-hydrogen) atoms. The van der Waals surface area contributed by atoms with Gasteiger partial charge in [-0.05, 0) is 25.1 Å². The average Bonchev–Trinajstić information content (AvgIpc) is 2.36. The molecule has 0 unspecified atom stereocenters. The fourth-order valence-corrected chi connectivity index (χ4v) is 1.45. The molecule has 2 rings (SSSR count). The van der Waals surface area contributed by atoms with Crippen molar-refractivity contribution < 1.29 is 13.2 Å². The smallest absolute Gasteiger partial charge is 0.364 e. The zero-order valence-electron chi connectivity index (χ0n) is 10.1. The average molecular weight is 268 g/mol. The molecule has 0 spiro atoms. The number of hydrogen-bond acceptors (Lipinski definition) is 4. The Bertz CT molecular complexity index is 552. The van der Waals surface area contributed by atoms with E-state index in [9.17, 15) is 13.2 Å². The normalized spacial score (nSPS) is 11.4. The molecular weight excluding hydrogens is 257 g/mol.